The van der Waals surface area contributed by atoms with Gasteiger partial charge in [0.2, 0.25) is 0 Å². The first-order chi connectivity index (χ1) is 6.16. The fraction of sp³-hybridized carbons (Fsp3) is 0.909. The molecule has 3 atom stereocenters. The van der Waals surface area contributed by atoms with E-state index in [1.807, 2.05) is 6.92 Å². The van der Waals surface area contributed by atoms with Crippen molar-refractivity contribution in [1.29, 1.82) is 0 Å². The number of hydrogen-bond donors (Lipinski definition) is 0. The zero-order valence-corrected chi connectivity index (χ0v) is 8.88. The molecule has 0 amide bonds. The van der Waals surface area contributed by atoms with Crippen molar-refractivity contribution in [2.45, 2.75) is 46.1 Å². The smallest absolute Gasteiger partial charge is 0.164 e. The normalized spacial score (nSPS) is 30.4. The molecule has 0 spiro atoms. The Morgan fingerprint density at radius 3 is 2.77 bits per heavy atom. The summed E-state index contributed by atoms with van der Waals surface area (Å²) < 4.78 is 5.44. The Bertz CT molecular complexity index is 177. The van der Waals surface area contributed by atoms with E-state index >= 15 is 0 Å². The second-order valence-electron chi connectivity index (χ2n) is 4.15. The Hall–Kier alpha value is -0.370. The van der Waals surface area contributed by atoms with Gasteiger partial charge in [-0.2, -0.15) is 0 Å². The van der Waals surface area contributed by atoms with E-state index < -0.39 is 0 Å². The minimum atomic E-state index is -0.110. The van der Waals surface area contributed by atoms with Crippen LogP contribution in [0.1, 0.15) is 40.0 Å². The van der Waals surface area contributed by atoms with Crippen molar-refractivity contribution >= 4 is 5.78 Å². The molecule has 1 heterocycles. The zero-order valence-electron chi connectivity index (χ0n) is 8.88. The van der Waals surface area contributed by atoms with E-state index in [2.05, 4.69) is 13.8 Å². The van der Waals surface area contributed by atoms with Gasteiger partial charge >= 0.3 is 0 Å². The van der Waals surface area contributed by atoms with Crippen LogP contribution in [-0.2, 0) is 9.53 Å². The first-order valence-electron chi connectivity index (χ1n) is 5.32. The minimum Gasteiger partial charge on any atom is -0.370 e. The van der Waals surface area contributed by atoms with Gasteiger partial charge in [0, 0.05) is 12.5 Å². The van der Waals surface area contributed by atoms with Crippen molar-refractivity contribution in [3.8, 4) is 0 Å². The molecule has 0 radical (unpaired) electrons. The number of ketones is 1. The highest BCUT2D eigenvalue weighted by Gasteiger charge is 2.32. The van der Waals surface area contributed by atoms with Gasteiger partial charge in [0.25, 0.3) is 0 Å². The fourth-order valence-electron chi connectivity index (χ4n) is 1.91. The van der Waals surface area contributed by atoms with Gasteiger partial charge in [-0.25, -0.2) is 0 Å². The SMILES string of the molecule is CCCC(C)C(=O)C1OCCC1C. The summed E-state index contributed by atoms with van der Waals surface area (Å²) in [7, 11) is 0. The number of carbonyl (C=O) groups excluding carboxylic acids is 1. The molecular weight excluding hydrogens is 164 g/mol. The molecule has 3 unspecified atom stereocenters. The molecule has 13 heavy (non-hydrogen) atoms. The van der Waals surface area contributed by atoms with E-state index in [0.717, 1.165) is 25.9 Å². The van der Waals surface area contributed by atoms with E-state index in [9.17, 15) is 4.79 Å². The lowest BCUT2D eigenvalue weighted by Crippen LogP contribution is -2.30. The maximum absolute atomic E-state index is 11.8. The second-order valence-corrected chi connectivity index (χ2v) is 4.15. The van der Waals surface area contributed by atoms with E-state index in [0.29, 0.717) is 11.7 Å². The average Bonchev–Trinajstić information content (AvgIpc) is 2.50. The molecule has 1 aliphatic heterocycles. The third-order valence-electron chi connectivity index (χ3n) is 2.88. The molecule has 0 aromatic carbocycles. The zero-order chi connectivity index (χ0) is 9.84. The van der Waals surface area contributed by atoms with Gasteiger partial charge in [0.15, 0.2) is 5.78 Å². The molecule has 1 rings (SSSR count). The van der Waals surface area contributed by atoms with Gasteiger partial charge in [-0.1, -0.05) is 27.2 Å². The lowest BCUT2D eigenvalue weighted by atomic mass is 9.91. The molecule has 0 saturated carbocycles. The molecule has 0 aliphatic carbocycles. The van der Waals surface area contributed by atoms with Crippen molar-refractivity contribution in [1.82, 2.24) is 0 Å². The van der Waals surface area contributed by atoms with Crippen LogP contribution < -0.4 is 0 Å². The molecule has 0 aromatic heterocycles. The minimum absolute atomic E-state index is 0.110. The summed E-state index contributed by atoms with van der Waals surface area (Å²) in [5, 5.41) is 0. The molecule has 0 aromatic rings. The molecule has 1 aliphatic rings. The predicted octanol–water partition coefficient (Wildman–Crippen LogP) is 2.42. The summed E-state index contributed by atoms with van der Waals surface area (Å²) in [6, 6.07) is 0. The van der Waals surface area contributed by atoms with Crippen molar-refractivity contribution in [3.05, 3.63) is 0 Å². The van der Waals surface area contributed by atoms with Gasteiger partial charge in [-0.15, -0.1) is 0 Å². The van der Waals surface area contributed by atoms with Crippen LogP contribution in [0.25, 0.3) is 0 Å². The Morgan fingerprint density at radius 1 is 1.62 bits per heavy atom. The molecule has 0 N–H and O–H groups in total. The van der Waals surface area contributed by atoms with Crippen LogP contribution in [0.4, 0.5) is 0 Å². The third kappa shape index (κ3) is 2.53. The van der Waals surface area contributed by atoms with Crippen LogP contribution in [0.15, 0.2) is 0 Å². The maximum atomic E-state index is 11.8. The second kappa shape index (κ2) is 4.75. The lowest BCUT2D eigenvalue weighted by Gasteiger charge is -2.17. The quantitative estimate of drug-likeness (QED) is 0.670. The van der Waals surface area contributed by atoms with E-state index in [1.165, 1.54) is 0 Å². The number of Topliss-reactive ketones (excluding diaryl/α,β-unsaturated/α-hetero) is 1. The number of carbonyl (C=O) groups is 1. The van der Waals surface area contributed by atoms with Crippen LogP contribution in [0.5, 0.6) is 0 Å². The first kappa shape index (κ1) is 10.7. The highest BCUT2D eigenvalue weighted by Crippen LogP contribution is 2.24. The largest absolute Gasteiger partial charge is 0.370 e. The molecular formula is C11H20O2. The summed E-state index contributed by atoms with van der Waals surface area (Å²) in [5.41, 5.74) is 0. The van der Waals surface area contributed by atoms with Gasteiger partial charge in [-0.3, -0.25) is 4.79 Å². The molecule has 2 nitrogen and oxygen atoms in total. The topological polar surface area (TPSA) is 26.3 Å². The highest BCUT2D eigenvalue weighted by molar-refractivity contribution is 5.85. The maximum Gasteiger partial charge on any atom is 0.164 e. The summed E-state index contributed by atoms with van der Waals surface area (Å²) in [4.78, 5) is 11.8. The van der Waals surface area contributed by atoms with E-state index in [4.69, 9.17) is 4.74 Å². The molecule has 2 heteroatoms. The van der Waals surface area contributed by atoms with Crippen LogP contribution in [-0.4, -0.2) is 18.5 Å². The Morgan fingerprint density at radius 2 is 2.31 bits per heavy atom. The van der Waals surface area contributed by atoms with Crippen molar-refractivity contribution in [2.24, 2.45) is 11.8 Å². The monoisotopic (exact) mass is 184 g/mol. The van der Waals surface area contributed by atoms with Crippen LogP contribution in [0.2, 0.25) is 0 Å². The summed E-state index contributed by atoms with van der Waals surface area (Å²) in [6.07, 6.45) is 3.00. The summed E-state index contributed by atoms with van der Waals surface area (Å²) in [6.45, 7) is 6.99. The number of rotatable bonds is 4. The number of hydrogen-bond acceptors (Lipinski definition) is 2. The van der Waals surface area contributed by atoms with Crippen molar-refractivity contribution < 1.29 is 9.53 Å². The van der Waals surface area contributed by atoms with Gasteiger partial charge in [0.1, 0.15) is 6.10 Å². The molecule has 1 fully saturated rings. The number of ether oxygens (including phenoxy) is 1. The highest BCUT2D eigenvalue weighted by atomic mass is 16.5. The van der Waals surface area contributed by atoms with Crippen LogP contribution >= 0.6 is 0 Å². The van der Waals surface area contributed by atoms with Gasteiger partial charge in [0.05, 0.1) is 0 Å². The Balaban J connectivity index is 2.46. The predicted molar refractivity (Wildman–Crippen MR) is 52.6 cm³/mol. The Labute approximate surface area is 80.7 Å². The standard InChI is InChI=1S/C11H20O2/c1-4-5-8(2)10(12)11-9(3)6-7-13-11/h8-9,11H,4-7H2,1-3H3. The third-order valence-corrected chi connectivity index (χ3v) is 2.88. The molecule has 1 saturated heterocycles. The summed E-state index contributed by atoms with van der Waals surface area (Å²) in [5.74, 6) is 0.911. The molecule has 76 valence electrons. The van der Waals surface area contributed by atoms with E-state index in [1.54, 1.807) is 0 Å². The van der Waals surface area contributed by atoms with Crippen molar-refractivity contribution in [2.75, 3.05) is 6.61 Å². The Kier molecular flexibility index (Phi) is 3.91. The first-order valence-corrected chi connectivity index (χ1v) is 5.32. The summed E-state index contributed by atoms with van der Waals surface area (Å²) >= 11 is 0. The van der Waals surface area contributed by atoms with Gasteiger partial charge in [-0.05, 0) is 18.8 Å². The average molecular weight is 184 g/mol. The van der Waals surface area contributed by atoms with E-state index in [-0.39, 0.29) is 12.0 Å². The van der Waals surface area contributed by atoms with Crippen molar-refractivity contribution in [3.63, 3.8) is 0 Å². The van der Waals surface area contributed by atoms with Crippen LogP contribution in [0.3, 0.4) is 0 Å². The molecule has 0 bridgehead atoms. The lowest BCUT2D eigenvalue weighted by molar-refractivity contribution is -0.133. The van der Waals surface area contributed by atoms with Gasteiger partial charge < -0.3 is 4.74 Å². The van der Waals surface area contributed by atoms with Crippen LogP contribution in [0, 0.1) is 11.8 Å². The fourth-order valence-corrected chi connectivity index (χ4v) is 1.91.